The van der Waals surface area contributed by atoms with Gasteiger partial charge in [-0.25, -0.2) is 9.97 Å². The van der Waals surface area contributed by atoms with Crippen LogP contribution in [0.3, 0.4) is 0 Å². The molecule has 0 saturated carbocycles. The molecular formula is C17H19N5O3S. The zero-order valence-electron chi connectivity index (χ0n) is 14.7. The molecule has 136 valence electrons. The molecule has 26 heavy (non-hydrogen) atoms. The molecule has 3 rings (SSSR count). The van der Waals surface area contributed by atoms with E-state index in [-0.39, 0.29) is 11.2 Å². The Bertz CT molecular complexity index is 914. The van der Waals surface area contributed by atoms with Crippen molar-refractivity contribution in [3.8, 4) is 11.4 Å². The molecule has 1 atom stereocenters. The maximum Gasteiger partial charge on any atom is 0.319 e. The number of esters is 1. The van der Waals surface area contributed by atoms with Gasteiger partial charge in [-0.2, -0.15) is 4.68 Å². The van der Waals surface area contributed by atoms with E-state index >= 15 is 0 Å². The second-order valence-electron chi connectivity index (χ2n) is 5.32. The van der Waals surface area contributed by atoms with Crippen LogP contribution in [0.25, 0.3) is 16.9 Å². The number of carbonyl (C=O) groups is 1. The van der Waals surface area contributed by atoms with Gasteiger partial charge in [-0.15, -0.1) is 5.10 Å². The summed E-state index contributed by atoms with van der Waals surface area (Å²) in [4.78, 5) is 20.7. The fourth-order valence-corrected chi connectivity index (χ4v) is 3.35. The number of thioether (sulfide) groups is 1. The minimum Gasteiger partial charge on any atom is -0.497 e. The van der Waals surface area contributed by atoms with Crippen LogP contribution in [0.15, 0.2) is 35.6 Å². The molecule has 1 aromatic carbocycles. The molecule has 0 radical (unpaired) electrons. The fraction of sp³-hybridized carbons (Fsp3) is 0.353. The fourth-order valence-electron chi connectivity index (χ4n) is 2.40. The van der Waals surface area contributed by atoms with E-state index in [9.17, 15) is 4.79 Å². The molecule has 0 unspecified atom stereocenters. The van der Waals surface area contributed by atoms with Crippen LogP contribution in [0.1, 0.15) is 20.3 Å². The van der Waals surface area contributed by atoms with E-state index in [1.165, 1.54) is 18.1 Å². The van der Waals surface area contributed by atoms with Crippen molar-refractivity contribution in [3.05, 3.63) is 30.6 Å². The highest BCUT2D eigenvalue weighted by atomic mass is 32.2. The lowest BCUT2D eigenvalue weighted by Gasteiger charge is -2.12. The molecule has 9 heteroatoms. The van der Waals surface area contributed by atoms with Gasteiger partial charge in [0, 0.05) is 6.07 Å². The number of carbonyl (C=O) groups excluding carboxylic acids is 1. The quantitative estimate of drug-likeness (QED) is 0.355. The van der Waals surface area contributed by atoms with Crippen molar-refractivity contribution in [3.63, 3.8) is 0 Å². The van der Waals surface area contributed by atoms with E-state index in [1.807, 2.05) is 31.2 Å². The maximum absolute atomic E-state index is 12.1. The third kappa shape index (κ3) is 3.62. The zero-order chi connectivity index (χ0) is 18.5. The molecule has 8 nitrogen and oxygen atoms in total. The minimum absolute atomic E-state index is 0.257. The molecule has 0 aliphatic rings. The SMILES string of the molecule is CCOC(=O)[C@H](CC)Sc1ncnc2c1nnn2-c1cccc(OC)c1. The first kappa shape index (κ1) is 18.1. The number of aromatic nitrogens is 5. The van der Waals surface area contributed by atoms with Gasteiger partial charge in [-0.05, 0) is 25.5 Å². The summed E-state index contributed by atoms with van der Waals surface area (Å²) in [6, 6.07) is 7.45. The summed E-state index contributed by atoms with van der Waals surface area (Å²) in [6.45, 7) is 4.07. The van der Waals surface area contributed by atoms with E-state index in [1.54, 1.807) is 18.7 Å². The van der Waals surface area contributed by atoms with Crippen molar-refractivity contribution in [1.82, 2.24) is 25.0 Å². The van der Waals surface area contributed by atoms with Crippen LogP contribution in [-0.4, -0.2) is 49.9 Å². The van der Waals surface area contributed by atoms with E-state index in [0.29, 0.717) is 35.0 Å². The molecule has 3 aromatic rings. The molecule has 0 bridgehead atoms. The van der Waals surface area contributed by atoms with Gasteiger partial charge in [0.15, 0.2) is 11.2 Å². The molecule has 0 aliphatic carbocycles. The van der Waals surface area contributed by atoms with Crippen LogP contribution < -0.4 is 4.74 Å². The molecule has 0 aliphatic heterocycles. The van der Waals surface area contributed by atoms with Crippen LogP contribution in [0, 0.1) is 0 Å². The Morgan fingerprint density at radius 3 is 2.88 bits per heavy atom. The third-order valence-electron chi connectivity index (χ3n) is 3.68. The van der Waals surface area contributed by atoms with Crippen molar-refractivity contribution >= 4 is 28.9 Å². The Morgan fingerprint density at radius 1 is 1.31 bits per heavy atom. The second-order valence-corrected chi connectivity index (χ2v) is 6.51. The Hall–Kier alpha value is -2.68. The van der Waals surface area contributed by atoms with Crippen LogP contribution in [0.2, 0.25) is 0 Å². The Balaban J connectivity index is 1.97. The molecular weight excluding hydrogens is 354 g/mol. The van der Waals surface area contributed by atoms with Gasteiger partial charge in [-0.3, -0.25) is 4.79 Å². The van der Waals surface area contributed by atoms with Gasteiger partial charge in [0.05, 0.1) is 19.4 Å². The van der Waals surface area contributed by atoms with Gasteiger partial charge in [0.2, 0.25) is 0 Å². The van der Waals surface area contributed by atoms with E-state index < -0.39 is 0 Å². The van der Waals surface area contributed by atoms with Crippen molar-refractivity contribution in [2.75, 3.05) is 13.7 Å². The van der Waals surface area contributed by atoms with Crippen molar-refractivity contribution < 1.29 is 14.3 Å². The number of rotatable bonds is 7. The predicted octanol–water partition coefficient (Wildman–Crippen LogP) is 2.65. The van der Waals surface area contributed by atoms with Crippen molar-refractivity contribution in [1.29, 1.82) is 0 Å². The zero-order valence-corrected chi connectivity index (χ0v) is 15.6. The van der Waals surface area contributed by atoms with Gasteiger partial charge in [0.1, 0.15) is 22.4 Å². The minimum atomic E-state index is -0.352. The molecule has 0 spiro atoms. The normalized spacial score (nSPS) is 12.1. The van der Waals surface area contributed by atoms with Crippen molar-refractivity contribution in [2.24, 2.45) is 0 Å². The highest BCUT2D eigenvalue weighted by molar-refractivity contribution is 8.00. The first-order valence-corrected chi connectivity index (χ1v) is 9.10. The van der Waals surface area contributed by atoms with Crippen LogP contribution in [0.4, 0.5) is 0 Å². The summed E-state index contributed by atoms with van der Waals surface area (Å²) < 4.78 is 12.0. The topological polar surface area (TPSA) is 92.0 Å². The molecule has 0 fully saturated rings. The Labute approximate surface area is 154 Å². The standard InChI is InChI=1S/C17H19N5O3S/c1-4-13(17(23)25-5-2)26-16-14-15(18-10-19-16)22(21-20-14)11-7-6-8-12(9-11)24-3/h6-10,13H,4-5H2,1-3H3/t13-/m0/s1. The van der Waals surface area contributed by atoms with Gasteiger partial charge >= 0.3 is 5.97 Å². The van der Waals surface area contributed by atoms with Crippen LogP contribution in [-0.2, 0) is 9.53 Å². The molecule has 2 heterocycles. The molecule has 0 amide bonds. The van der Waals surface area contributed by atoms with Gasteiger partial charge in [-0.1, -0.05) is 30.0 Å². The van der Waals surface area contributed by atoms with Gasteiger partial charge in [0.25, 0.3) is 0 Å². The van der Waals surface area contributed by atoms with Crippen molar-refractivity contribution in [2.45, 2.75) is 30.5 Å². The van der Waals surface area contributed by atoms with Crippen LogP contribution >= 0.6 is 11.8 Å². The summed E-state index contributed by atoms with van der Waals surface area (Å²) in [5, 5.41) is 8.66. The first-order valence-electron chi connectivity index (χ1n) is 8.22. The maximum atomic E-state index is 12.1. The molecule has 0 saturated heterocycles. The molecule has 0 N–H and O–H groups in total. The monoisotopic (exact) mass is 373 g/mol. The smallest absolute Gasteiger partial charge is 0.319 e. The number of benzene rings is 1. The lowest BCUT2D eigenvalue weighted by atomic mass is 10.3. The summed E-state index contributed by atoms with van der Waals surface area (Å²) in [5.41, 5.74) is 1.89. The highest BCUT2D eigenvalue weighted by Crippen LogP contribution is 2.29. The molecule has 2 aromatic heterocycles. The summed E-state index contributed by atoms with van der Waals surface area (Å²) in [6.07, 6.45) is 2.07. The number of nitrogens with zero attached hydrogens (tertiary/aromatic N) is 5. The van der Waals surface area contributed by atoms with E-state index in [4.69, 9.17) is 9.47 Å². The summed E-state index contributed by atoms with van der Waals surface area (Å²) in [7, 11) is 1.61. The summed E-state index contributed by atoms with van der Waals surface area (Å²) in [5.74, 6) is 0.454. The third-order valence-corrected chi connectivity index (χ3v) is 5.01. The lowest BCUT2D eigenvalue weighted by molar-refractivity contribution is -0.142. The Morgan fingerprint density at radius 2 is 2.15 bits per heavy atom. The second kappa shape index (κ2) is 8.13. The van der Waals surface area contributed by atoms with E-state index in [0.717, 1.165) is 5.69 Å². The summed E-state index contributed by atoms with van der Waals surface area (Å²) >= 11 is 1.32. The average Bonchev–Trinajstić information content (AvgIpc) is 3.11. The van der Waals surface area contributed by atoms with Gasteiger partial charge < -0.3 is 9.47 Å². The number of hydrogen-bond donors (Lipinski definition) is 0. The predicted molar refractivity (Wildman–Crippen MR) is 97.6 cm³/mol. The number of fused-ring (bicyclic) bond motifs is 1. The first-order chi connectivity index (χ1) is 12.7. The number of hydrogen-bond acceptors (Lipinski definition) is 8. The number of methoxy groups -OCH3 is 1. The lowest BCUT2D eigenvalue weighted by Crippen LogP contribution is -2.19. The average molecular weight is 373 g/mol. The number of ether oxygens (including phenoxy) is 2. The van der Waals surface area contributed by atoms with E-state index in [2.05, 4.69) is 20.3 Å². The highest BCUT2D eigenvalue weighted by Gasteiger charge is 2.23. The Kier molecular flexibility index (Phi) is 5.67. The largest absolute Gasteiger partial charge is 0.497 e. The van der Waals surface area contributed by atoms with Crippen LogP contribution in [0.5, 0.6) is 5.75 Å².